The number of thioether (sulfide) groups is 1. The van der Waals surface area contributed by atoms with Crippen molar-refractivity contribution in [2.45, 2.75) is 51.8 Å². The van der Waals surface area contributed by atoms with E-state index < -0.39 is 0 Å². The van der Waals surface area contributed by atoms with Gasteiger partial charge in [-0.1, -0.05) is 27.7 Å². The first kappa shape index (κ1) is 17.0. The van der Waals surface area contributed by atoms with Crippen LogP contribution in [0.5, 0.6) is 0 Å². The van der Waals surface area contributed by atoms with Gasteiger partial charge in [0.1, 0.15) is 0 Å². The van der Waals surface area contributed by atoms with Gasteiger partial charge in [-0.05, 0) is 31.0 Å². The van der Waals surface area contributed by atoms with E-state index in [1.807, 2.05) is 24.0 Å². The molecule has 3 nitrogen and oxygen atoms in total. The van der Waals surface area contributed by atoms with Crippen LogP contribution in [0.15, 0.2) is 24.5 Å². The predicted octanol–water partition coefficient (Wildman–Crippen LogP) is 3.91. The van der Waals surface area contributed by atoms with Gasteiger partial charge in [0.15, 0.2) is 0 Å². The molecule has 0 spiro atoms. The number of nitrogens with zero attached hydrogens (tertiary/aromatic N) is 2. The van der Waals surface area contributed by atoms with E-state index in [2.05, 4.69) is 32.7 Å². The summed E-state index contributed by atoms with van der Waals surface area (Å²) >= 11 is 1.70. The summed E-state index contributed by atoms with van der Waals surface area (Å²) in [4.78, 5) is 18.5. The average Bonchev–Trinajstić information content (AvgIpc) is 2.42. The molecule has 1 aromatic rings. The maximum atomic E-state index is 12.5. The minimum absolute atomic E-state index is 0.119. The zero-order valence-electron chi connectivity index (χ0n) is 13.2. The summed E-state index contributed by atoms with van der Waals surface area (Å²) in [7, 11) is 0. The van der Waals surface area contributed by atoms with Crippen LogP contribution in [-0.2, 0) is 4.79 Å². The van der Waals surface area contributed by atoms with Crippen LogP contribution in [0.1, 0.15) is 52.6 Å². The largest absolute Gasteiger partial charge is 0.335 e. The van der Waals surface area contributed by atoms with Crippen LogP contribution >= 0.6 is 11.8 Å². The highest BCUT2D eigenvalue weighted by Crippen LogP contribution is 2.27. The lowest BCUT2D eigenvalue weighted by Gasteiger charge is -2.31. The summed E-state index contributed by atoms with van der Waals surface area (Å²) < 4.78 is 0.119. The van der Waals surface area contributed by atoms with Crippen molar-refractivity contribution in [3.05, 3.63) is 30.1 Å². The van der Waals surface area contributed by atoms with Crippen molar-refractivity contribution in [2.24, 2.45) is 0 Å². The van der Waals surface area contributed by atoms with E-state index in [-0.39, 0.29) is 16.7 Å². The Labute approximate surface area is 127 Å². The molecule has 20 heavy (non-hydrogen) atoms. The number of carbonyl (C=O) groups excluding carboxylic acids is 1. The molecule has 4 heteroatoms. The highest BCUT2D eigenvalue weighted by Gasteiger charge is 2.23. The van der Waals surface area contributed by atoms with Crippen molar-refractivity contribution in [3.63, 3.8) is 0 Å². The number of amides is 1. The third-order valence-corrected chi connectivity index (χ3v) is 4.40. The molecule has 1 rings (SSSR count). The van der Waals surface area contributed by atoms with E-state index in [0.29, 0.717) is 5.75 Å². The fourth-order valence-corrected chi connectivity index (χ4v) is 2.88. The molecule has 0 saturated heterocycles. The van der Waals surface area contributed by atoms with Gasteiger partial charge in [-0.2, -0.15) is 0 Å². The summed E-state index contributed by atoms with van der Waals surface area (Å²) in [5.41, 5.74) is 1.17. The van der Waals surface area contributed by atoms with Crippen LogP contribution < -0.4 is 0 Å². The van der Waals surface area contributed by atoms with Crippen LogP contribution in [0.3, 0.4) is 0 Å². The van der Waals surface area contributed by atoms with Crippen LogP contribution in [-0.4, -0.2) is 32.8 Å². The second kappa shape index (κ2) is 7.67. The molecule has 0 radical (unpaired) electrons. The van der Waals surface area contributed by atoms with Gasteiger partial charge in [-0.3, -0.25) is 9.78 Å². The van der Waals surface area contributed by atoms with Crippen molar-refractivity contribution >= 4 is 17.7 Å². The van der Waals surface area contributed by atoms with Crippen molar-refractivity contribution in [2.75, 3.05) is 12.3 Å². The van der Waals surface area contributed by atoms with Gasteiger partial charge in [0.25, 0.3) is 0 Å². The zero-order valence-corrected chi connectivity index (χ0v) is 14.0. The lowest BCUT2D eigenvalue weighted by atomic mass is 10.0. The average molecular weight is 294 g/mol. The molecule has 0 bridgehead atoms. The minimum Gasteiger partial charge on any atom is -0.335 e. The first-order valence-corrected chi connectivity index (χ1v) is 8.21. The molecule has 0 aliphatic rings. The smallest absolute Gasteiger partial charge is 0.233 e. The highest BCUT2D eigenvalue weighted by molar-refractivity contribution is 8.01. The lowest BCUT2D eigenvalue weighted by molar-refractivity contribution is -0.130. The maximum Gasteiger partial charge on any atom is 0.233 e. The van der Waals surface area contributed by atoms with Crippen molar-refractivity contribution in [1.29, 1.82) is 0 Å². The monoisotopic (exact) mass is 294 g/mol. The Balaban J connectivity index is 2.79. The predicted molar refractivity (Wildman–Crippen MR) is 86.9 cm³/mol. The van der Waals surface area contributed by atoms with Gasteiger partial charge >= 0.3 is 0 Å². The molecule has 112 valence electrons. The summed E-state index contributed by atoms with van der Waals surface area (Å²) in [5, 5.41) is 0. The first-order valence-electron chi connectivity index (χ1n) is 7.22. The van der Waals surface area contributed by atoms with Gasteiger partial charge in [-0.15, -0.1) is 11.8 Å². The molecular weight excluding hydrogens is 268 g/mol. The van der Waals surface area contributed by atoms with Crippen LogP contribution in [0.25, 0.3) is 0 Å². The van der Waals surface area contributed by atoms with Gasteiger partial charge in [0, 0.05) is 23.7 Å². The van der Waals surface area contributed by atoms with E-state index in [1.165, 1.54) is 5.56 Å². The van der Waals surface area contributed by atoms with E-state index in [1.54, 1.807) is 24.2 Å². The van der Waals surface area contributed by atoms with Crippen molar-refractivity contribution in [3.8, 4) is 0 Å². The van der Waals surface area contributed by atoms with Crippen LogP contribution in [0.2, 0.25) is 0 Å². The Kier molecular flexibility index (Phi) is 6.53. The Hall–Kier alpha value is -1.03. The molecule has 0 aliphatic carbocycles. The first-order chi connectivity index (χ1) is 9.39. The van der Waals surface area contributed by atoms with Gasteiger partial charge in [-0.25, -0.2) is 0 Å². The second-order valence-corrected chi connectivity index (χ2v) is 7.59. The van der Waals surface area contributed by atoms with Crippen LogP contribution in [0.4, 0.5) is 0 Å². The Bertz CT molecular complexity index is 414. The standard InChI is InChI=1S/C16H26N2OS/c1-6-14(13-8-10-17-11-9-13)18(7-2)15(19)12-20-16(3,4)5/h8-11,14H,6-7,12H2,1-5H3/t14-/m1/s1. The lowest BCUT2D eigenvalue weighted by Crippen LogP contribution is -2.36. The number of hydrogen-bond donors (Lipinski definition) is 0. The fraction of sp³-hybridized carbons (Fsp3) is 0.625. The summed E-state index contributed by atoms with van der Waals surface area (Å²) in [6.45, 7) is 11.3. The summed E-state index contributed by atoms with van der Waals surface area (Å²) in [6, 6.07) is 4.15. The molecule has 1 atom stereocenters. The Morgan fingerprint density at radius 2 is 1.90 bits per heavy atom. The molecule has 1 heterocycles. The topological polar surface area (TPSA) is 33.2 Å². The minimum atomic E-state index is 0.119. The highest BCUT2D eigenvalue weighted by atomic mass is 32.2. The van der Waals surface area contributed by atoms with Gasteiger partial charge < -0.3 is 4.90 Å². The Morgan fingerprint density at radius 3 is 2.35 bits per heavy atom. The Morgan fingerprint density at radius 1 is 1.30 bits per heavy atom. The SMILES string of the molecule is CC[C@H](c1ccncc1)N(CC)C(=O)CSC(C)(C)C. The number of carbonyl (C=O) groups is 1. The van der Waals surface area contributed by atoms with E-state index in [4.69, 9.17) is 0 Å². The van der Waals surface area contributed by atoms with Crippen LogP contribution in [0, 0.1) is 0 Å². The molecule has 1 amide bonds. The normalized spacial score (nSPS) is 13.1. The van der Waals surface area contributed by atoms with Gasteiger partial charge in [0.2, 0.25) is 5.91 Å². The second-order valence-electron chi connectivity index (χ2n) is 5.79. The molecule has 1 aromatic heterocycles. The molecule has 0 fully saturated rings. The number of hydrogen-bond acceptors (Lipinski definition) is 3. The number of pyridine rings is 1. The molecule has 0 saturated carbocycles. The quantitative estimate of drug-likeness (QED) is 0.797. The van der Waals surface area contributed by atoms with Crippen molar-refractivity contribution < 1.29 is 4.79 Å². The van der Waals surface area contributed by atoms with Gasteiger partial charge in [0.05, 0.1) is 11.8 Å². The summed E-state index contributed by atoms with van der Waals surface area (Å²) in [5.74, 6) is 0.759. The third kappa shape index (κ3) is 5.16. The fourth-order valence-electron chi connectivity index (χ4n) is 2.15. The van der Waals surface area contributed by atoms with E-state index >= 15 is 0 Å². The molecule has 0 N–H and O–H groups in total. The molecule has 0 unspecified atom stereocenters. The van der Waals surface area contributed by atoms with E-state index in [0.717, 1.165) is 13.0 Å². The maximum absolute atomic E-state index is 12.5. The third-order valence-electron chi connectivity index (χ3n) is 3.14. The molecule has 0 aromatic carbocycles. The molecule has 0 aliphatic heterocycles. The summed E-state index contributed by atoms with van der Waals surface area (Å²) in [6.07, 6.45) is 4.50. The number of rotatable bonds is 6. The van der Waals surface area contributed by atoms with E-state index in [9.17, 15) is 4.79 Å². The molecular formula is C16H26N2OS. The zero-order chi connectivity index (χ0) is 15.2. The number of aromatic nitrogens is 1. The van der Waals surface area contributed by atoms with Crippen molar-refractivity contribution in [1.82, 2.24) is 9.88 Å².